The van der Waals surface area contributed by atoms with Gasteiger partial charge in [0.05, 0.1) is 0 Å². The van der Waals surface area contributed by atoms with Gasteiger partial charge in [0.1, 0.15) is 4.90 Å². The molecule has 2 atom stereocenters. The monoisotopic (exact) mass is 318 g/mol. The predicted octanol–water partition coefficient (Wildman–Crippen LogP) is 1.92. The minimum absolute atomic E-state index is 0.230. The number of pyridine rings is 1. The Balaban J connectivity index is 1.95. The second kappa shape index (κ2) is 5.46. The summed E-state index contributed by atoms with van der Waals surface area (Å²) in [4.78, 5) is 4.58. The van der Waals surface area contributed by atoms with Crippen molar-refractivity contribution in [2.75, 3.05) is 6.54 Å². The molecule has 94 valence electrons. The van der Waals surface area contributed by atoms with E-state index in [0.717, 1.165) is 19.3 Å². The summed E-state index contributed by atoms with van der Waals surface area (Å²) < 4.78 is 26.5. The zero-order chi connectivity index (χ0) is 12.3. The van der Waals surface area contributed by atoms with Gasteiger partial charge in [0.25, 0.3) is 0 Å². The van der Waals surface area contributed by atoms with Gasteiger partial charge < -0.3 is 0 Å². The molecule has 0 aliphatic heterocycles. The van der Waals surface area contributed by atoms with Crippen LogP contribution in [0.5, 0.6) is 0 Å². The molecule has 0 saturated heterocycles. The summed E-state index contributed by atoms with van der Waals surface area (Å²) in [5, 5.41) is 0. The van der Waals surface area contributed by atoms with Crippen LogP contribution in [0.15, 0.2) is 29.4 Å². The number of aromatic nitrogens is 1. The molecular weight excluding hydrogens is 304 g/mol. The maximum atomic E-state index is 11.9. The molecule has 0 amide bonds. The van der Waals surface area contributed by atoms with Crippen molar-refractivity contribution in [2.45, 2.75) is 29.0 Å². The molecule has 1 aliphatic carbocycles. The van der Waals surface area contributed by atoms with Crippen molar-refractivity contribution < 1.29 is 8.42 Å². The number of alkyl halides is 1. The van der Waals surface area contributed by atoms with Gasteiger partial charge in [0.2, 0.25) is 10.0 Å². The number of nitrogens with one attached hydrogen (secondary N) is 1. The standard InChI is InChI=1S/C11H15BrN2O2S/c12-10-4-3-9(6-10)7-14-17(15,16)11-2-1-5-13-8-11/h1-2,5,8-10,14H,3-4,6-7H2. The number of rotatable bonds is 4. The summed E-state index contributed by atoms with van der Waals surface area (Å²) in [5.41, 5.74) is 0. The fraction of sp³-hybridized carbons (Fsp3) is 0.545. The highest BCUT2D eigenvalue weighted by Crippen LogP contribution is 2.30. The average Bonchev–Trinajstić information content (AvgIpc) is 2.74. The van der Waals surface area contributed by atoms with Gasteiger partial charge in [-0.3, -0.25) is 4.98 Å². The Kier molecular flexibility index (Phi) is 4.17. The van der Waals surface area contributed by atoms with Gasteiger partial charge in [-0.1, -0.05) is 15.9 Å². The van der Waals surface area contributed by atoms with Crippen LogP contribution < -0.4 is 4.72 Å². The lowest BCUT2D eigenvalue weighted by Gasteiger charge is -2.11. The van der Waals surface area contributed by atoms with E-state index in [0.29, 0.717) is 17.3 Å². The van der Waals surface area contributed by atoms with E-state index in [2.05, 4.69) is 25.6 Å². The summed E-state index contributed by atoms with van der Waals surface area (Å²) in [6, 6.07) is 3.18. The predicted molar refractivity (Wildman–Crippen MR) is 69.5 cm³/mol. The number of hydrogen-bond donors (Lipinski definition) is 1. The first-order valence-electron chi connectivity index (χ1n) is 5.62. The summed E-state index contributed by atoms with van der Waals surface area (Å²) in [6.07, 6.45) is 6.16. The lowest BCUT2D eigenvalue weighted by Crippen LogP contribution is -2.28. The molecule has 1 aliphatic rings. The number of hydrogen-bond acceptors (Lipinski definition) is 3. The summed E-state index contributed by atoms with van der Waals surface area (Å²) in [7, 11) is -3.39. The maximum absolute atomic E-state index is 11.9. The van der Waals surface area contributed by atoms with Crippen LogP contribution in [0.4, 0.5) is 0 Å². The molecule has 6 heteroatoms. The van der Waals surface area contributed by atoms with Crippen molar-refractivity contribution in [3.8, 4) is 0 Å². The molecule has 1 N–H and O–H groups in total. The maximum Gasteiger partial charge on any atom is 0.242 e. The third-order valence-electron chi connectivity index (χ3n) is 2.98. The Morgan fingerprint density at radius 3 is 2.88 bits per heavy atom. The van der Waals surface area contributed by atoms with Crippen LogP contribution in [-0.2, 0) is 10.0 Å². The fourth-order valence-corrected chi connectivity index (χ4v) is 3.89. The van der Waals surface area contributed by atoms with Crippen LogP contribution >= 0.6 is 15.9 Å². The van der Waals surface area contributed by atoms with E-state index in [-0.39, 0.29) is 4.90 Å². The molecule has 0 bridgehead atoms. The van der Waals surface area contributed by atoms with Gasteiger partial charge in [-0.05, 0) is 37.3 Å². The molecule has 1 fully saturated rings. The first-order chi connectivity index (χ1) is 8.08. The zero-order valence-corrected chi connectivity index (χ0v) is 11.7. The van der Waals surface area contributed by atoms with Crippen molar-refractivity contribution >= 4 is 26.0 Å². The van der Waals surface area contributed by atoms with Crippen molar-refractivity contribution in [1.82, 2.24) is 9.71 Å². The van der Waals surface area contributed by atoms with Crippen LogP contribution in [0.25, 0.3) is 0 Å². The molecule has 2 rings (SSSR count). The first-order valence-corrected chi connectivity index (χ1v) is 8.01. The van der Waals surface area contributed by atoms with E-state index in [1.165, 1.54) is 6.20 Å². The van der Waals surface area contributed by atoms with Gasteiger partial charge in [-0.15, -0.1) is 0 Å². The summed E-state index contributed by atoms with van der Waals surface area (Å²) >= 11 is 3.56. The molecule has 1 heterocycles. The molecule has 17 heavy (non-hydrogen) atoms. The zero-order valence-electron chi connectivity index (χ0n) is 9.34. The highest BCUT2D eigenvalue weighted by atomic mass is 79.9. The molecule has 2 unspecified atom stereocenters. The molecule has 1 aromatic heterocycles. The Bertz CT molecular complexity index is 464. The van der Waals surface area contributed by atoms with E-state index in [1.54, 1.807) is 18.3 Å². The van der Waals surface area contributed by atoms with Crippen LogP contribution in [0.1, 0.15) is 19.3 Å². The van der Waals surface area contributed by atoms with Gasteiger partial charge in [0.15, 0.2) is 0 Å². The fourth-order valence-electron chi connectivity index (χ4n) is 2.02. The number of nitrogens with zero attached hydrogens (tertiary/aromatic N) is 1. The molecule has 4 nitrogen and oxygen atoms in total. The van der Waals surface area contributed by atoms with Gasteiger partial charge >= 0.3 is 0 Å². The molecular formula is C11H15BrN2O2S. The van der Waals surface area contributed by atoms with E-state index in [4.69, 9.17) is 0 Å². The Morgan fingerprint density at radius 2 is 2.29 bits per heavy atom. The third kappa shape index (κ3) is 3.50. The van der Waals surface area contributed by atoms with Crippen LogP contribution in [0, 0.1) is 5.92 Å². The SMILES string of the molecule is O=S(=O)(NCC1CCC(Br)C1)c1cccnc1. The largest absolute Gasteiger partial charge is 0.263 e. The van der Waals surface area contributed by atoms with Gasteiger partial charge in [-0.25, -0.2) is 13.1 Å². The van der Waals surface area contributed by atoms with Crippen molar-refractivity contribution in [1.29, 1.82) is 0 Å². The quantitative estimate of drug-likeness (QED) is 0.863. The molecule has 0 spiro atoms. The minimum Gasteiger partial charge on any atom is -0.263 e. The summed E-state index contributed by atoms with van der Waals surface area (Å²) in [5.74, 6) is 0.436. The lowest BCUT2D eigenvalue weighted by atomic mass is 10.1. The molecule has 0 aromatic carbocycles. The van der Waals surface area contributed by atoms with Crippen molar-refractivity contribution in [2.24, 2.45) is 5.92 Å². The van der Waals surface area contributed by atoms with Crippen LogP contribution in [0.2, 0.25) is 0 Å². The number of sulfonamides is 1. The lowest BCUT2D eigenvalue weighted by molar-refractivity contribution is 0.520. The van der Waals surface area contributed by atoms with Crippen molar-refractivity contribution in [3.05, 3.63) is 24.5 Å². The van der Waals surface area contributed by atoms with E-state index in [1.807, 2.05) is 0 Å². The normalized spacial score (nSPS) is 25.0. The highest BCUT2D eigenvalue weighted by molar-refractivity contribution is 9.09. The topological polar surface area (TPSA) is 59.1 Å². The van der Waals surface area contributed by atoms with Crippen LogP contribution in [0.3, 0.4) is 0 Å². The average molecular weight is 319 g/mol. The summed E-state index contributed by atoms with van der Waals surface area (Å²) in [6.45, 7) is 0.513. The molecule has 1 saturated carbocycles. The Morgan fingerprint density at radius 1 is 1.47 bits per heavy atom. The molecule has 0 radical (unpaired) electrons. The van der Waals surface area contributed by atoms with Gasteiger partial charge in [0, 0.05) is 23.8 Å². The van der Waals surface area contributed by atoms with E-state index in [9.17, 15) is 8.42 Å². The highest BCUT2D eigenvalue weighted by Gasteiger charge is 2.24. The first kappa shape index (κ1) is 13.0. The minimum atomic E-state index is -3.39. The van der Waals surface area contributed by atoms with Crippen molar-refractivity contribution in [3.63, 3.8) is 0 Å². The second-order valence-electron chi connectivity index (χ2n) is 4.32. The second-order valence-corrected chi connectivity index (χ2v) is 7.38. The van der Waals surface area contributed by atoms with Crippen LogP contribution in [-0.4, -0.2) is 24.8 Å². The number of halogens is 1. The molecule has 1 aromatic rings. The van der Waals surface area contributed by atoms with Gasteiger partial charge in [-0.2, -0.15) is 0 Å². The Labute approximate surface area is 110 Å². The third-order valence-corrected chi connectivity index (χ3v) is 5.22. The Hall–Kier alpha value is -0.460. The van der Waals surface area contributed by atoms with E-state index >= 15 is 0 Å². The smallest absolute Gasteiger partial charge is 0.242 e. The van der Waals surface area contributed by atoms with E-state index < -0.39 is 10.0 Å².